The Labute approximate surface area is 201 Å². The summed E-state index contributed by atoms with van der Waals surface area (Å²) in [5.74, 6) is 0.0628. The van der Waals surface area contributed by atoms with Crippen LogP contribution in [0.4, 0.5) is 10.8 Å². The quantitative estimate of drug-likeness (QED) is 0.308. The first kappa shape index (κ1) is 23.0. The van der Waals surface area contributed by atoms with Crippen molar-refractivity contribution in [2.24, 2.45) is 0 Å². The van der Waals surface area contributed by atoms with Gasteiger partial charge in [0.05, 0.1) is 16.3 Å². The number of thioether (sulfide) groups is 1. The molecule has 3 aromatic carbocycles. The minimum absolute atomic E-state index is 0.154. The lowest BCUT2D eigenvalue weighted by atomic mass is 10.1. The van der Waals surface area contributed by atoms with Crippen LogP contribution in [0.25, 0.3) is 11.3 Å². The van der Waals surface area contributed by atoms with Gasteiger partial charge in [-0.05, 0) is 43.3 Å². The van der Waals surface area contributed by atoms with Gasteiger partial charge in [-0.1, -0.05) is 48.0 Å². The Balaban J connectivity index is 1.30. The number of anilines is 2. The summed E-state index contributed by atoms with van der Waals surface area (Å²) < 4.78 is 27.4. The van der Waals surface area contributed by atoms with Crippen LogP contribution in [0, 0.1) is 6.92 Å². The van der Waals surface area contributed by atoms with Crippen LogP contribution in [0.15, 0.2) is 94.0 Å². The van der Waals surface area contributed by atoms with E-state index >= 15 is 0 Å². The zero-order valence-electron chi connectivity index (χ0n) is 17.7. The van der Waals surface area contributed by atoms with Crippen LogP contribution in [-0.4, -0.2) is 25.1 Å². The first-order valence-electron chi connectivity index (χ1n) is 10.0. The first-order valence-corrected chi connectivity index (χ1v) is 13.4. The third kappa shape index (κ3) is 6.22. The number of aryl methyl sites for hydroxylation is 1. The molecule has 1 aromatic heterocycles. The highest BCUT2D eigenvalue weighted by molar-refractivity contribution is 8.00. The second-order valence-corrected chi connectivity index (χ2v) is 10.8. The molecule has 0 spiro atoms. The smallest absolute Gasteiger partial charge is 0.261 e. The maximum atomic E-state index is 12.4. The number of amides is 1. The van der Waals surface area contributed by atoms with Crippen LogP contribution in [0.1, 0.15) is 5.56 Å². The molecule has 33 heavy (non-hydrogen) atoms. The fraction of sp³-hybridized carbons (Fsp3) is 0.0833. The molecule has 168 valence electrons. The minimum Gasteiger partial charge on any atom is -0.301 e. The zero-order chi connectivity index (χ0) is 23.3. The van der Waals surface area contributed by atoms with Gasteiger partial charge in [0.2, 0.25) is 5.91 Å². The number of sulfonamides is 1. The van der Waals surface area contributed by atoms with Crippen molar-refractivity contribution in [1.82, 2.24) is 4.98 Å². The Morgan fingerprint density at radius 3 is 2.36 bits per heavy atom. The Bertz CT molecular complexity index is 1340. The molecule has 4 rings (SSSR count). The van der Waals surface area contributed by atoms with Crippen molar-refractivity contribution >= 4 is 49.8 Å². The van der Waals surface area contributed by atoms with E-state index in [0.29, 0.717) is 10.8 Å². The standard InChI is InChI=1S/C24H21N3O3S3/c1-17-7-9-18(10-8-17)22-15-32-24(25-22)26-23(28)16-31-20-13-11-19(12-14-20)27-33(29,30)21-5-3-2-4-6-21/h2-15,27H,16H2,1H3,(H,25,26,28). The topological polar surface area (TPSA) is 88.2 Å². The van der Waals surface area contributed by atoms with Crippen LogP contribution < -0.4 is 10.0 Å². The average molecular weight is 496 g/mol. The van der Waals surface area contributed by atoms with Crippen LogP contribution >= 0.6 is 23.1 Å². The third-order valence-corrected chi connectivity index (χ3v) is 7.79. The van der Waals surface area contributed by atoms with Gasteiger partial charge in [-0.25, -0.2) is 13.4 Å². The predicted octanol–water partition coefficient (Wildman–Crippen LogP) is 5.65. The Morgan fingerprint density at radius 2 is 1.67 bits per heavy atom. The van der Waals surface area contributed by atoms with Crippen molar-refractivity contribution in [3.05, 3.63) is 89.8 Å². The average Bonchev–Trinajstić information content (AvgIpc) is 3.28. The van der Waals surface area contributed by atoms with Gasteiger partial charge in [-0.2, -0.15) is 0 Å². The molecule has 0 aliphatic rings. The van der Waals surface area contributed by atoms with Gasteiger partial charge in [0, 0.05) is 21.5 Å². The van der Waals surface area contributed by atoms with E-state index in [9.17, 15) is 13.2 Å². The molecule has 0 unspecified atom stereocenters. The minimum atomic E-state index is -3.63. The highest BCUT2D eigenvalue weighted by atomic mass is 32.2. The van der Waals surface area contributed by atoms with E-state index < -0.39 is 10.0 Å². The van der Waals surface area contributed by atoms with Gasteiger partial charge < -0.3 is 5.32 Å². The summed E-state index contributed by atoms with van der Waals surface area (Å²) in [6.07, 6.45) is 0. The molecule has 1 amide bonds. The highest BCUT2D eigenvalue weighted by Gasteiger charge is 2.13. The van der Waals surface area contributed by atoms with Gasteiger partial charge in [0.1, 0.15) is 0 Å². The van der Waals surface area contributed by atoms with Crippen LogP contribution in [0.5, 0.6) is 0 Å². The molecule has 0 saturated heterocycles. The number of nitrogens with one attached hydrogen (secondary N) is 2. The van der Waals surface area contributed by atoms with Gasteiger partial charge >= 0.3 is 0 Å². The molecule has 0 saturated carbocycles. The number of benzene rings is 3. The maximum Gasteiger partial charge on any atom is 0.261 e. The van der Waals surface area contributed by atoms with E-state index in [2.05, 4.69) is 15.0 Å². The van der Waals surface area contributed by atoms with Crippen molar-refractivity contribution in [3.63, 3.8) is 0 Å². The summed E-state index contributed by atoms with van der Waals surface area (Å²) in [5, 5.41) is 5.31. The van der Waals surface area contributed by atoms with Crippen molar-refractivity contribution in [2.45, 2.75) is 16.7 Å². The zero-order valence-corrected chi connectivity index (χ0v) is 20.1. The normalized spacial score (nSPS) is 11.2. The number of thiazole rings is 1. The lowest BCUT2D eigenvalue weighted by Crippen LogP contribution is -2.14. The lowest BCUT2D eigenvalue weighted by Gasteiger charge is -2.09. The summed E-state index contributed by atoms with van der Waals surface area (Å²) in [6.45, 7) is 2.03. The molecule has 2 N–H and O–H groups in total. The van der Waals surface area contributed by atoms with E-state index in [1.165, 1.54) is 40.8 Å². The fourth-order valence-corrected chi connectivity index (χ4v) is 5.44. The summed E-state index contributed by atoms with van der Waals surface area (Å²) in [5.41, 5.74) is 3.48. The predicted molar refractivity (Wildman–Crippen MR) is 135 cm³/mol. The van der Waals surface area contributed by atoms with Crippen LogP contribution in [0.3, 0.4) is 0 Å². The van der Waals surface area contributed by atoms with Crippen molar-refractivity contribution in [2.75, 3.05) is 15.8 Å². The van der Waals surface area contributed by atoms with Crippen molar-refractivity contribution < 1.29 is 13.2 Å². The van der Waals surface area contributed by atoms with Crippen LogP contribution in [-0.2, 0) is 14.8 Å². The molecule has 4 aromatic rings. The molecule has 1 heterocycles. The van der Waals surface area contributed by atoms with E-state index in [-0.39, 0.29) is 16.6 Å². The van der Waals surface area contributed by atoms with Crippen molar-refractivity contribution in [1.29, 1.82) is 0 Å². The number of rotatable bonds is 8. The molecular formula is C24H21N3O3S3. The molecule has 0 aliphatic heterocycles. The van der Waals surface area contributed by atoms with Crippen LogP contribution in [0.2, 0.25) is 0 Å². The van der Waals surface area contributed by atoms with E-state index in [0.717, 1.165) is 16.2 Å². The summed E-state index contributed by atoms with van der Waals surface area (Å²) in [6, 6.07) is 23.2. The van der Waals surface area contributed by atoms with Gasteiger partial charge in [0.25, 0.3) is 10.0 Å². The van der Waals surface area contributed by atoms with E-state index in [4.69, 9.17) is 0 Å². The second-order valence-electron chi connectivity index (χ2n) is 7.18. The molecule has 0 aliphatic carbocycles. The summed E-state index contributed by atoms with van der Waals surface area (Å²) in [7, 11) is -3.63. The fourth-order valence-electron chi connectivity index (χ4n) is 2.93. The lowest BCUT2D eigenvalue weighted by molar-refractivity contribution is -0.113. The first-order chi connectivity index (χ1) is 15.9. The third-order valence-electron chi connectivity index (χ3n) is 4.63. The summed E-state index contributed by atoms with van der Waals surface area (Å²) >= 11 is 2.75. The number of hydrogen-bond acceptors (Lipinski definition) is 6. The van der Waals surface area contributed by atoms with Gasteiger partial charge in [0.15, 0.2) is 5.13 Å². The molecule has 6 nitrogen and oxygen atoms in total. The number of carbonyl (C=O) groups is 1. The Hall–Kier alpha value is -3.14. The highest BCUT2D eigenvalue weighted by Crippen LogP contribution is 2.26. The van der Waals surface area contributed by atoms with Crippen molar-refractivity contribution in [3.8, 4) is 11.3 Å². The SMILES string of the molecule is Cc1ccc(-c2csc(NC(=O)CSc3ccc(NS(=O)(=O)c4ccccc4)cc3)n2)cc1. The second kappa shape index (κ2) is 10.2. The number of aromatic nitrogens is 1. The maximum absolute atomic E-state index is 12.4. The molecule has 0 atom stereocenters. The number of nitrogens with zero attached hydrogens (tertiary/aromatic N) is 1. The number of hydrogen-bond donors (Lipinski definition) is 2. The summed E-state index contributed by atoms with van der Waals surface area (Å²) in [4.78, 5) is 17.9. The molecule has 9 heteroatoms. The molecule has 0 bridgehead atoms. The van der Waals surface area contributed by atoms with Gasteiger partial charge in [-0.3, -0.25) is 9.52 Å². The van der Waals surface area contributed by atoms with Gasteiger partial charge in [-0.15, -0.1) is 23.1 Å². The van der Waals surface area contributed by atoms with E-state index in [1.54, 1.807) is 42.5 Å². The molecular weight excluding hydrogens is 474 g/mol. The Morgan fingerprint density at radius 1 is 0.970 bits per heavy atom. The van der Waals surface area contributed by atoms with E-state index in [1.807, 2.05) is 36.6 Å². The molecule has 0 fully saturated rings. The largest absolute Gasteiger partial charge is 0.301 e. The molecule has 0 radical (unpaired) electrons. The number of carbonyl (C=O) groups excluding carboxylic acids is 1. The Kier molecular flexibility index (Phi) is 7.12. The monoisotopic (exact) mass is 495 g/mol.